The number of carbonyl (C=O) groups is 2. The number of aliphatic hydroxyl groups excluding tert-OH is 1. The third-order valence-electron chi connectivity index (χ3n) is 5.53. The van der Waals surface area contributed by atoms with Crippen LogP contribution < -0.4 is 4.74 Å². The van der Waals surface area contributed by atoms with E-state index in [4.69, 9.17) is 4.74 Å². The first-order chi connectivity index (χ1) is 16.7. The molecule has 1 N–H and O–H groups in total. The van der Waals surface area contributed by atoms with Crippen molar-refractivity contribution in [1.82, 2.24) is 9.88 Å². The fraction of sp³-hybridized carbons (Fsp3) is 0.192. The molecule has 1 aliphatic rings. The van der Waals surface area contributed by atoms with E-state index in [0.29, 0.717) is 18.1 Å². The van der Waals surface area contributed by atoms with Crippen LogP contribution in [0.2, 0.25) is 0 Å². The lowest BCUT2D eigenvalue weighted by molar-refractivity contribution is -0.140. The smallest absolute Gasteiger partial charge is 0.416 e. The Morgan fingerprint density at radius 2 is 1.83 bits per heavy atom. The number of hydrogen-bond acceptors (Lipinski definition) is 5. The van der Waals surface area contributed by atoms with Crippen molar-refractivity contribution in [3.63, 3.8) is 0 Å². The third-order valence-corrected chi connectivity index (χ3v) is 5.53. The van der Waals surface area contributed by atoms with Gasteiger partial charge in [0.1, 0.15) is 17.6 Å². The van der Waals surface area contributed by atoms with Crippen LogP contribution in [-0.2, 0) is 22.3 Å². The summed E-state index contributed by atoms with van der Waals surface area (Å²) in [6, 6.07) is 14.7. The number of ketones is 1. The number of aliphatic hydroxyl groups is 1. The molecule has 1 unspecified atom stereocenters. The first kappa shape index (κ1) is 24.0. The normalized spacial score (nSPS) is 17.6. The molecule has 1 fully saturated rings. The molecule has 1 atom stereocenters. The zero-order valence-corrected chi connectivity index (χ0v) is 18.6. The minimum atomic E-state index is -4.56. The maximum absolute atomic E-state index is 13.2. The van der Waals surface area contributed by atoms with Crippen LogP contribution in [0.25, 0.3) is 5.76 Å². The largest absolute Gasteiger partial charge is 0.507 e. The maximum Gasteiger partial charge on any atom is 0.416 e. The molecule has 180 valence electrons. The molecule has 0 aliphatic carbocycles. The topological polar surface area (TPSA) is 79.7 Å². The molecule has 0 bridgehead atoms. The van der Waals surface area contributed by atoms with Gasteiger partial charge in [-0.2, -0.15) is 13.2 Å². The van der Waals surface area contributed by atoms with E-state index in [2.05, 4.69) is 4.98 Å². The van der Waals surface area contributed by atoms with Crippen molar-refractivity contribution in [2.75, 3.05) is 6.61 Å². The number of ether oxygens (including phenoxy) is 1. The van der Waals surface area contributed by atoms with Gasteiger partial charge in [0, 0.05) is 18.3 Å². The molecule has 1 aliphatic heterocycles. The summed E-state index contributed by atoms with van der Waals surface area (Å²) in [5, 5.41) is 11.1. The average molecular weight is 482 g/mol. The number of amides is 1. The number of rotatable bonds is 6. The second kappa shape index (κ2) is 9.61. The molecule has 1 saturated heterocycles. The summed E-state index contributed by atoms with van der Waals surface area (Å²) in [7, 11) is 0. The highest BCUT2D eigenvalue weighted by atomic mass is 19.4. The number of pyridine rings is 1. The van der Waals surface area contributed by atoms with Crippen molar-refractivity contribution in [3.8, 4) is 5.75 Å². The van der Waals surface area contributed by atoms with Crippen LogP contribution >= 0.6 is 0 Å². The lowest BCUT2D eigenvalue weighted by Gasteiger charge is -2.25. The van der Waals surface area contributed by atoms with Crippen LogP contribution in [0.4, 0.5) is 13.2 Å². The second-order valence-electron chi connectivity index (χ2n) is 7.84. The number of halogens is 3. The van der Waals surface area contributed by atoms with E-state index < -0.39 is 35.2 Å². The van der Waals surface area contributed by atoms with Gasteiger partial charge in [0.05, 0.1) is 23.4 Å². The van der Waals surface area contributed by atoms with E-state index in [1.165, 1.54) is 24.4 Å². The molecular formula is C26H21F3N2O4. The fourth-order valence-electron chi connectivity index (χ4n) is 3.99. The highest BCUT2D eigenvalue weighted by Crippen LogP contribution is 2.40. The quantitative estimate of drug-likeness (QED) is 0.300. The number of likely N-dealkylation sites (tertiary alicyclic amines) is 1. The van der Waals surface area contributed by atoms with Crippen molar-refractivity contribution < 1.29 is 32.6 Å². The van der Waals surface area contributed by atoms with Crippen LogP contribution in [0.15, 0.2) is 78.5 Å². The number of aromatic nitrogens is 1. The third kappa shape index (κ3) is 4.89. The maximum atomic E-state index is 13.2. The summed E-state index contributed by atoms with van der Waals surface area (Å²) in [6.45, 7) is 1.90. The monoisotopic (exact) mass is 482 g/mol. The van der Waals surface area contributed by atoms with Gasteiger partial charge < -0.3 is 14.7 Å². The van der Waals surface area contributed by atoms with Gasteiger partial charge >= 0.3 is 6.18 Å². The molecule has 1 aromatic heterocycles. The van der Waals surface area contributed by atoms with E-state index in [0.717, 1.165) is 17.0 Å². The molecule has 35 heavy (non-hydrogen) atoms. The van der Waals surface area contributed by atoms with Crippen molar-refractivity contribution in [1.29, 1.82) is 0 Å². The minimum Gasteiger partial charge on any atom is -0.507 e. The molecule has 9 heteroatoms. The Morgan fingerprint density at radius 1 is 1.06 bits per heavy atom. The molecule has 0 saturated carbocycles. The van der Waals surface area contributed by atoms with Gasteiger partial charge in [-0.15, -0.1) is 0 Å². The van der Waals surface area contributed by atoms with Crippen LogP contribution in [0, 0.1) is 0 Å². The van der Waals surface area contributed by atoms with Gasteiger partial charge in [-0.05, 0) is 48.9 Å². The lowest BCUT2D eigenvalue weighted by atomic mass is 9.98. The second-order valence-corrected chi connectivity index (χ2v) is 7.84. The summed E-state index contributed by atoms with van der Waals surface area (Å²) >= 11 is 0. The molecule has 6 nitrogen and oxygen atoms in total. The Morgan fingerprint density at radius 3 is 2.51 bits per heavy atom. The van der Waals surface area contributed by atoms with Crippen molar-refractivity contribution in [3.05, 3.63) is 101 Å². The van der Waals surface area contributed by atoms with Crippen LogP contribution in [0.1, 0.15) is 35.3 Å². The zero-order valence-electron chi connectivity index (χ0n) is 18.6. The number of alkyl halides is 3. The standard InChI is InChI=1S/C26H21F3N2O4/c1-2-35-19-10-6-8-17(14-19)23(32)21-22(20-11-3-4-12-30-20)31(25(34)24(21)33)15-16-7-5-9-18(13-16)26(27,28)29/h3-14,22,32H,2,15H2,1H3/b23-21+. The SMILES string of the molecule is CCOc1cccc(/C(O)=C2\C(=O)C(=O)N(Cc3cccc(C(F)(F)F)c3)C2c2ccccn2)c1. The zero-order chi connectivity index (χ0) is 25.2. The Kier molecular flexibility index (Phi) is 6.59. The number of carbonyl (C=O) groups excluding carboxylic acids is 2. The van der Waals surface area contributed by atoms with E-state index in [-0.39, 0.29) is 23.2 Å². The predicted molar refractivity (Wildman–Crippen MR) is 121 cm³/mol. The van der Waals surface area contributed by atoms with Crippen molar-refractivity contribution >= 4 is 17.4 Å². The first-order valence-corrected chi connectivity index (χ1v) is 10.8. The Bertz CT molecular complexity index is 1290. The molecule has 2 aromatic carbocycles. The summed E-state index contributed by atoms with van der Waals surface area (Å²) < 4.78 is 45.1. The van der Waals surface area contributed by atoms with Gasteiger partial charge in [-0.1, -0.05) is 30.3 Å². The van der Waals surface area contributed by atoms with Gasteiger partial charge in [0.15, 0.2) is 0 Å². The Balaban J connectivity index is 1.81. The van der Waals surface area contributed by atoms with Gasteiger partial charge in [0.25, 0.3) is 11.7 Å². The Labute approximate surface area is 199 Å². The van der Waals surface area contributed by atoms with Crippen LogP contribution in [-0.4, -0.2) is 33.3 Å². The summed E-state index contributed by atoms with van der Waals surface area (Å²) in [5.74, 6) is -1.86. The summed E-state index contributed by atoms with van der Waals surface area (Å²) in [5.41, 5.74) is -0.334. The molecule has 2 heterocycles. The van der Waals surface area contributed by atoms with Crippen molar-refractivity contribution in [2.24, 2.45) is 0 Å². The predicted octanol–water partition coefficient (Wildman–Crippen LogP) is 5.12. The van der Waals surface area contributed by atoms with Gasteiger partial charge in [-0.3, -0.25) is 14.6 Å². The van der Waals surface area contributed by atoms with Crippen molar-refractivity contribution in [2.45, 2.75) is 25.7 Å². The number of Topliss-reactive ketones (excluding diaryl/α,β-unsaturated/α-hetero) is 1. The van der Waals surface area contributed by atoms with E-state index in [1.807, 2.05) is 0 Å². The highest BCUT2D eigenvalue weighted by molar-refractivity contribution is 6.46. The molecule has 0 spiro atoms. The lowest BCUT2D eigenvalue weighted by Crippen LogP contribution is -2.29. The molecule has 4 rings (SSSR count). The van der Waals surface area contributed by atoms with Crippen LogP contribution in [0.3, 0.4) is 0 Å². The van der Waals surface area contributed by atoms with E-state index in [9.17, 15) is 27.9 Å². The van der Waals surface area contributed by atoms with Gasteiger partial charge in [-0.25, -0.2) is 0 Å². The molecule has 0 radical (unpaired) electrons. The number of hydrogen-bond donors (Lipinski definition) is 1. The molecule has 3 aromatic rings. The number of benzene rings is 2. The highest BCUT2D eigenvalue weighted by Gasteiger charge is 2.47. The minimum absolute atomic E-state index is 0.181. The Hall–Kier alpha value is -4.14. The summed E-state index contributed by atoms with van der Waals surface area (Å²) in [6.07, 6.45) is -3.09. The fourth-order valence-corrected chi connectivity index (χ4v) is 3.99. The van der Waals surface area contributed by atoms with E-state index in [1.54, 1.807) is 43.3 Å². The van der Waals surface area contributed by atoms with Gasteiger partial charge in [0.2, 0.25) is 0 Å². The summed E-state index contributed by atoms with van der Waals surface area (Å²) in [4.78, 5) is 31.5. The van der Waals surface area contributed by atoms with E-state index >= 15 is 0 Å². The molecule has 1 amide bonds. The molecular weight excluding hydrogens is 461 g/mol. The average Bonchev–Trinajstić information content (AvgIpc) is 3.09. The first-order valence-electron chi connectivity index (χ1n) is 10.8. The number of nitrogens with zero attached hydrogens (tertiary/aromatic N) is 2. The van der Waals surface area contributed by atoms with Crippen LogP contribution in [0.5, 0.6) is 5.75 Å².